The Morgan fingerprint density at radius 1 is 0.939 bits per heavy atom. The summed E-state index contributed by atoms with van der Waals surface area (Å²) in [6.07, 6.45) is 0. The third-order valence-corrected chi connectivity index (χ3v) is 6.47. The van der Waals surface area contributed by atoms with E-state index >= 15 is 0 Å². The van der Waals surface area contributed by atoms with Crippen molar-refractivity contribution >= 4 is 28.4 Å². The van der Waals surface area contributed by atoms with Gasteiger partial charge in [0.05, 0.1) is 11.8 Å². The van der Waals surface area contributed by atoms with Crippen molar-refractivity contribution in [3.63, 3.8) is 0 Å². The van der Waals surface area contributed by atoms with Gasteiger partial charge in [-0.05, 0) is 24.6 Å². The summed E-state index contributed by atoms with van der Waals surface area (Å²) in [5.41, 5.74) is 2.83. The minimum Gasteiger partial charge on any atom is -0.486 e. The molecule has 4 aromatic rings. The van der Waals surface area contributed by atoms with Gasteiger partial charge in [0, 0.05) is 16.3 Å². The van der Waals surface area contributed by atoms with Crippen LogP contribution in [0.25, 0.3) is 22.0 Å². The zero-order valence-corrected chi connectivity index (χ0v) is 19.0. The molecule has 0 radical (unpaired) electrons. The second-order valence-electron chi connectivity index (χ2n) is 7.75. The first-order valence-corrected chi connectivity index (χ1v) is 11.8. The molecule has 166 valence electrons. The maximum absolute atomic E-state index is 12.7. The predicted octanol–water partition coefficient (Wildman–Crippen LogP) is 5.04. The summed E-state index contributed by atoms with van der Waals surface area (Å²) in [5.74, 6) is 1.64. The molecule has 7 heteroatoms. The molecule has 6 nitrogen and oxygen atoms in total. The number of nitrogens with zero attached hydrogens (tertiary/aromatic N) is 2. The van der Waals surface area contributed by atoms with Crippen LogP contribution in [-0.2, 0) is 4.79 Å². The number of hydrogen-bond acceptors (Lipinski definition) is 6. The fourth-order valence-corrected chi connectivity index (χ4v) is 4.61. The molecule has 33 heavy (non-hydrogen) atoms. The summed E-state index contributed by atoms with van der Waals surface area (Å²) in [7, 11) is 0. The van der Waals surface area contributed by atoms with Crippen molar-refractivity contribution in [1.29, 1.82) is 0 Å². The van der Waals surface area contributed by atoms with Crippen LogP contribution in [-0.4, -0.2) is 35.1 Å². The molecular formula is C26H23N3O3S. The molecular weight excluding hydrogens is 434 g/mol. The van der Waals surface area contributed by atoms with Crippen molar-refractivity contribution in [2.75, 3.05) is 19.0 Å². The monoisotopic (exact) mass is 457 g/mol. The molecule has 2 heterocycles. The van der Waals surface area contributed by atoms with E-state index in [0.29, 0.717) is 13.2 Å². The van der Waals surface area contributed by atoms with Crippen LogP contribution in [0.3, 0.4) is 0 Å². The molecule has 3 aromatic carbocycles. The van der Waals surface area contributed by atoms with E-state index in [1.165, 1.54) is 11.8 Å². The van der Waals surface area contributed by atoms with Crippen LogP contribution in [0.5, 0.6) is 11.5 Å². The Morgan fingerprint density at radius 2 is 1.67 bits per heavy atom. The molecule has 0 spiro atoms. The molecule has 1 aliphatic rings. The molecule has 0 saturated heterocycles. The third-order valence-electron chi connectivity index (χ3n) is 5.48. The van der Waals surface area contributed by atoms with E-state index in [1.807, 2.05) is 79.7 Å². The zero-order valence-electron chi connectivity index (χ0n) is 18.2. The summed E-state index contributed by atoms with van der Waals surface area (Å²) >= 11 is 1.39. The van der Waals surface area contributed by atoms with E-state index < -0.39 is 0 Å². The molecule has 0 fully saturated rings. The Morgan fingerprint density at radius 3 is 2.48 bits per heavy atom. The minimum absolute atomic E-state index is 0.0691. The average Bonchev–Trinajstić information content (AvgIpc) is 2.87. The SMILES string of the molecule is C[C@@H](NC(=O)CSc1nnc(-c2ccccc2)c2ccccc12)c1ccc2c(c1)OCCO2. The summed E-state index contributed by atoms with van der Waals surface area (Å²) in [6, 6.07) is 23.6. The molecule has 1 aliphatic heterocycles. The van der Waals surface area contributed by atoms with E-state index in [-0.39, 0.29) is 17.7 Å². The van der Waals surface area contributed by atoms with Crippen molar-refractivity contribution < 1.29 is 14.3 Å². The van der Waals surface area contributed by atoms with Crippen LogP contribution < -0.4 is 14.8 Å². The fraction of sp³-hybridized carbons (Fsp3) is 0.192. The second kappa shape index (κ2) is 9.50. The van der Waals surface area contributed by atoms with Gasteiger partial charge in [0.15, 0.2) is 11.5 Å². The highest BCUT2D eigenvalue weighted by Crippen LogP contribution is 2.33. The molecule has 1 amide bonds. The number of carbonyl (C=O) groups excluding carboxylic acids is 1. The molecule has 0 bridgehead atoms. The number of amides is 1. The maximum atomic E-state index is 12.7. The lowest BCUT2D eigenvalue weighted by molar-refractivity contribution is -0.119. The second-order valence-corrected chi connectivity index (χ2v) is 8.71. The van der Waals surface area contributed by atoms with Crippen LogP contribution in [0.1, 0.15) is 18.5 Å². The Labute approximate surface area is 196 Å². The van der Waals surface area contributed by atoms with Crippen LogP contribution in [0, 0.1) is 0 Å². The highest BCUT2D eigenvalue weighted by atomic mass is 32.2. The quantitative estimate of drug-likeness (QED) is 0.409. The first-order valence-electron chi connectivity index (χ1n) is 10.8. The van der Waals surface area contributed by atoms with Crippen molar-refractivity contribution in [2.24, 2.45) is 0 Å². The number of thioether (sulfide) groups is 1. The highest BCUT2D eigenvalue weighted by molar-refractivity contribution is 8.00. The van der Waals surface area contributed by atoms with Crippen LogP contribution in [0.15, 0.2) is 77.8 Å². The summed E-state index contributed by atoms with van der Waals surface area (Å²) in [5, 5.41) is 14.7. The summed E-state index contributed by atoms with van der Waals surface area (Å²) < 4.78 is 11.2. The van der Waals surface area contributed by atoms with Gasteiger partial charge >= 0.3 is 0 Å². The molecule has 1 atom stereocenters. The van der Waals surface area contributed by atoms with Crippen molar-refractivity contribution in [1.82, 2.24) is 15.5 Å². The Balaban J connectivity index is 1.28. The Bertz CT molecular complexity index is 1300. The average molecular weight is 458 g/mol. The molecule has 0 saturated carbocycles. The van der Waals surface area contributed by atoms with Gasteiger partial charge in [-0.1, -0.05) is 72.4 Å². The van der Waals surface area contributed by atoms with Crippen LogP contribution in [0.2, 0.25) is 0 Å². The first kappa shape index (κ1) is 21.3. The van der Waals surface area contributed by atoms with Gasteiger partial charge in [0.25, 0.3) is 0 Å². The molecule has 1 aromatic heterocycles. The lowest BCUT2D eigenvalue weighted by Gasteiger charge is -2.21. The Kier molecular flexibility index (Phi) is 6.13. The normalized spacial score (nSPS) is 13.5. The standard InChI is InChI=1S/C26H23N3O3S/c1-17(19-11-12-22-23(15-19)32-14-13-31-22)27-24(30)16-33-26-21-10-6-5-9-20(21)25(28-29-26)18-7-3-2-4-8-18/h2-12,15,17H,13-14,16H2,1H3,(H,27,30)/t17-/m1/s1. The number of benzene rings is 3. The van der Waals surface area contributed by atoms with Gasteiger partial charge in [-0.15, -0.1) is 10.2 Å². The van der Waals surface area contributed by atoms with Crippen LogP contribution in [0.4, 0.5) is 0 Å². The number of ether oxygens (including phenoxy) is 2. The lowest BCUT2D eigenvalue weighted by Crippen LogP contribution is -2.28. The predicted molar refractivity (Wildman–Crippen MR) is 130 cm³/mol. The smallest absolute Gasteiger partial charge is 0.230 e. The molecule has 0 aliphatic carbocycles. The van der Waals surface area contributed by atoms with Gasteiger partial charge in [0.1, 0.15) is 23.9 Å². The number of hydrogen-bond donors (Lipinski definition) is 1. The fourth-order valence-electron chi connectivity index (χ4n) is 3.82. The van der Waals surface area contributed by atoms with Crippen molar-refractivity contribution in [2.45, 2.75) is 18.0 Å². The third kappa shape index (κ3) is 4.64. The van der Waals surface area contributed by atoms with E-state index in [9.17, 15) is 4.79 Å². The maximum Gasteiger partial charge on any atom is 0.230 e. The number of carbonyl (C=O) groups is 1. The number of rotatable bonds is 6. The van der Waals surface area contributed by atoms with E-state index in [1.54, 1.807) is 0 Å². The van der Waals surface area contributed by atoms with E-state index in [0.717, 1.165) is 44.1 Å². The molecule has 0 unspecified atom stereocenters. The summed E-state index contributed by atoms with van der Waals surface area (Å²) in [4.78, 5) is 12.7. The van der Waals surface area contributed by atoms with Gasteiger partial charge in [-0.3, -0.25) is 4.79 Å². The topological polar surface area (TPSA) is 73.3 Å². The van der Waals surface area contributed by atoms with Gasteiger partial charge in [-0.2, -0.15) is 0 Å². The first-order chi connectivity index (χ1) is 16.2. The van der Waals surface area contributed by atoms with Crippen molar-refractivity contribution in [3.8, 4) is 22.8 Å². The molecule has 1 N–H and O–H groups in total. The van der Waals surface area contributed by atoms with Crippen LogP contribution >= 0.6 is 11.8 Å². The van der Waals surface area contributed by atoms with Gasteiger partial charge < -0.3 is 14.8 Å². The van der Waals surface area contributed by atoms with Crippen molar-refractivity contribution in [3.05, 3.63) is 78.4 Å². The number of nitrogens with one attached hydrogen (secondary N) is 1. The minimum atomic E-state index is -0.155. The Hall–Kier alpha value is -3.58. The number of aromatic nitrogens is 2. The van der Waals surface area contributed by atoms with Gasteiger partial charge in [-0.25, -0.2) is 0 Å². The largest absolute Gasteiger partial charge is 0.486 e. The van der Waals surface area contributed by atoms with Gasteiger partial charge in [0.2, 0.25) is 5.91 Å². The van der Waals surface area contributed by atoms with E-state index in [4.69, 9.17) is 9.47 Å². The highest BCUT2D eigenvalue weighted by Gasteiger charge is 2.17. The summed E-state index contributed by atoms with van der Waals surface area (Å²) in [6.45, 7) is 3.05. The lowest BCUT2D eigenvalue weighted by atomic mass is 10.1. The van der Waals surface area contributed by atoms with E-state index in [2.05, 4.69) is 15.5 Å². The number of fused-ring (bicyclic) bond motifs is 2. The molecule has 5 rings (SSSR count). The zero-order chi connectivity index (χ0) is 22.6.